The van der Waals surface area contributed by atoms with Crippen LogP contribution in [-0.4, -0.2) is 44.8 Å². The number of hydrogen-bond donors (Lipinski definition) is 4. The van der Waals surface area contributed by atoms with Crippen LogP contribution in [0.2, 0.25) is 0 Å². The van der Waals surface area contributed by atoms with E-state index in [-0.39, 0.29) is 0 Å². The Morgan fingerprint density at radius 2 is 1.53 bits per heavy atom. The van der Waals surface area contributed by atoms with Gasteiger partial charge in [-0.1, -0.05) is 82.6 Å². The normalized spacial score (nSPS) is 16.0. The molecule has 32 heavy (non-hydrogen) atoms. The van der Waals surface area contributed by atoms with Crippen molar-refractivity contribution in [2.24, 2.45) is 22.7 Å². The van der Waals surface area contributed by atoms with Crippen molar-refractivity contribution in [2.75, 3.05) is 32.7 Å². The summed E-state index contributed by atoms with van der Waals surface area (Å²) in [7, 11) is 0. The Hall–Kier alpha value is -0.160. The topological polar surface area (TPSA) is 48.1 Å². The summed E-state index contributed by atoms with van der Waals surface area (Å²) in [6, 6.07) is 2.35. The highest BCUT2D eigenvalue weighted by Gasteiger charge is 2.26. The average molecular weight is 454 g/mol. The van der Waals surface area contributed by atoms with E-state index in [0.717, 1.165) is 32.7 Å². The highest BCUT2D eigenvalue weighted by molar-refractivity contribution is 5.03. The third kappa shape index (κ3) is 15.6. The first-order valence-corrected chi connectivity index (χ1v) is 13.6. The van der Waals surface area contributed by atoms with Crippen LogP contribution < -0.4 is 21.3 Å². The summed E-state index contributed by atoms with van der Waals surface area (Å²) in [6.45, 7) is 30.6. The minimum absolute atomic E-state index is 0.300. The number of rotatable bonds is 19. The second-order valence-corrected chi connectivity index (χ2v) is 12.4. The van der Waals surface area contributed by atoms with Gasteiger partial charge in [0.25, 0.3) is 0 Å². The lowest BCUT2D eigenvalue weighted by Gasteiger charge is -2.34. The molecule has 3 atom stereocenters. The maximum absolute atomic E-state index is 3.91. The van der Waals surface area contributed by atoms with Crippen LogP contribution in [0.4, 0.5) is 0 Å². The van der Waals surface area contributed by atoms with E-state index in [1.54, 1.807) is 0 Å². The average Bonchev–Trinajstić information content (AvgIpc) is 2.71. The molecule has 0 saturated carbocycles. The number of nitrogens with one attached hydrogen (secondary N) is 4. The van der Waals surface area contributed by atoms with Crippen molar-refractivity contribution >= 4 is 0 Å². The highest BCUT2D eigenvalue weighted by atomic mass is 15.1. The van der Waals surface area contributed by atoms with E-state index < -0.39 is 0 Å². The van der Waals surface area contributed by atoms with Gasteiger partial charge in [0.1, 0.15) is 0 Å². The molecule has 0 aliphatic carbocycles. The van der Waals surface area contributed by atoms with Crippen molar-refractivity contribution in [3.8, 4) is 0 Å². The molecule has 0 aromatic heterocycles. The van der Waals surface area contributed by atoms with Crippen molar-refractivity contribution in [2.45, 2.75) is 120 Å². The Kier molecular flexibility index (Phi) is 16.4. The molecule has 193 valence electrons. The lowest BCUT2D eigenvalue weighted by molar-refractivity contribution is 0.296. The van der Waals surface area contributed by atoms with Crippen LogP contribution in [0, 0.1) is 28.7 Å². The van der Waals surface area contributed by atoms with Gasteiger partial charge in [0.2, 0.25) is 0 Å². The largest absolute Gasteiger partial charge is 0.314 e. The van der Waals surface area contributed by atoms with Gasteiger partial charge in [0, 0.05) is 31.7 Å². The van der Waals surface area contributed by atoms with E-state index in [9.17, 15) is 0 Å². The molecule has 0 spiro atoms. The predicted molar refractivity (Wildman–Crippen MR) is 145 cm³/mol. The molecule has 0 saturated heterocycles. The van der Waals surface area contributed by atoms with Gasteiger partial charge >= 0.3 is 0 Å². The van der Waals surface area contributed by atoms with Crippen molar-refractivity contribution in [3.05, 3.63) is 6.04 Å². The molecule has 0 aromatic carbocycles. The standard InChI is InChI=1S/C28H61N4/c1-12-15-24(13-2)31-20-26(30-17-16-27(7,8)9)25(32-21-28(10,11)14-3)19-29-18-23(6)22(4)5/h22-24,26,29-32H,12-21H2,1-11H3. The van der Waals surface area contributed by atoms with Crippen LogP contribution in [0.3, 0.4) is 0 Å². The van der Waals surface area contributed by atoms with Crippen molar-refractivity contribution in [1.82, 2.24) is 21.3 Å². The quantitative estimate of drug-likeness (QED) is 0.194. The zero-order chi connectivity index (χ0) is 24.8. The molecule has 1 radical (unpaired) electrons. The predicted octanol–water partition coefficient (Wildman–Crippen LogP) is 5.99. The molecule has 0 aliphatic rings. The molecular formula is C28H61N4. The van der Waals surface area contributed by atoms with Crippen LogP contribution in [0.15, 0.2) is 0 Å². The third-order valence-electron chi connectivity index (χ3n) is 7.10. The van der Waals surface area contributed by atoms with Crippen LogP contribution in [-0.2, 0) is 0 Å². The minimum Gasteiger partial charge on any atom is -0.314 e. The zero-order valence-corrected chi connectivity index (χ0v) is 23.9. The molecule has 0 heterocycles. The first kappa shape index (κ1) is 31.8. The lowest BCUT2D eigenvalue weighted by Crippen LogP contribution is -2.54. The molecular weight excluding hydrogens is 392 g/mol. The second-order valence-electron chi connectivity index (χ2n) is 12.4. The Bertz CT molecular complexity index is 441. The van der Waals surface area contributed by atoms with Crippen LogP contribution in [0.1, 0.15) is 108 Å². The van der Waals surface area contributed by atoms with Crippen molar-refractivity contribution < 1.29 is 0 Å². The minimum atomic E-state index is 0.300. The summed E-state index contributed by atoms with van der Waals surface area (Å²) in [5.74, 6) is 1.39. The van der Waals surface area contributed by atoms with Crippen LogP contribution in [0.5, 0.6) is 0 Å². The molecule has 0 aliphatic heterocycles. The molecule has 0 aromatic rings. The van der Waals surface area contributed by atoms with E-state index in [1.807, 2.05) is 0 Å². The monoisotopic (exact) mass is 453 g/mol. The summed E-state index contributed by atoms with van der Waals surface area (Å²) in [4.78, 5) is 0. The van der Waals surface area contributed by atoms with Crippen molar-refractivity contribution in [3.63, 3.8) is 0 Å². The Morgan fingerprint density at radius 1 is 0.875 bits per heavy atom. The molecule has 3 unspecified atom stereocenters. The SMILES string of the molecule is CCCC(CC)NCC(NCCC(C)(C)C)[C](CNCC(C)C(C)C)NCC(C)(C)CC. The van der Waals surface area contributed by atoms with Gasteiger partial charge in [0.15, 0.2) is 0 Å². The number of hydrogen-bond acceptors (Lipinski definition) is 4. The highest BCUT2D eigenvalue weighted by Crippen LogP contribution is 2.20. The summed E-state index contributed by atoms with van der Waals surface area (Å²) in [6.07, 6.45) is 6.04. The van der Waals surface area contributed by atoms with Crippen LogP contribution in [0.25, 0.3) is 0 Å². The molecule has 0 rings (SSSR count). The fourth-order valence-corrected chi connectivity index (χ4v) is 3.48. The van der Waals surface area contributed by atoms with Gasteiger partial charge < -0.3 is 21.3 Å². The lowest BCUT2D eigenvalue weighted by atomic mass is 9.89. The smallest absolute Gasteiger partial charge is 0.0686 e. The fourth-order valence-electron chi connectivity index (χ4n) is 3.48. The fraction of sp³-hybridized carbons (Fsp3) is 0.964. The summed E-state index contributed by atoms with van der Waals surface area (Å²) in [5, 5.41) is 15.4. The molecule has 0 fully saturated rings. The zero-order valence-electron chi connectivity index (χ0n) is 23.9. The Balaban J connectivity index is 5.31. The molecule has 0 bridgehead atoms. The molecule has 0 amide bonds. The summed E-state index contributed by atoms with van der Waals surface area (Å²) < 4.78 is 0. The van der Waals surface area contributed by atoms with E-state index in [4.69, 9.17) is 0 Å². The third-order valence-corrected chi connectivity index (χ3v) is 7.10. The van der Waals surface area contributed by atoms with Gasteiger partial charge in [-0.2, -0.15) is 0 Å². The van der Waals surface area contributed by atoms with Gasteiger partial charge in [-0.15, -0.1) is 0 Å². The Labute approximate surface area is 203 Å². The second kappa shape index (κ2) is 16.5. The molecule has 4 N–H and O–H groups in total. The van der Waals surface area contributed by atoms with Gasteiger partial charge in [-0.3, -0.25) is 0 Å². The maximum atomic E-state index is 3.91. The van der Waals surface area contributed by atoms with Crippen LogP contribution >= 0.6 is 0 Å². The maximum Gasteiger partial charge on any atom is 0.0686 e. The van der Waals surface area contributed by atoms with E-state index >= 15 is 0 Å². The van der Waals surface area contributed by atoms with Crippen molar-refractivity contribution in [1.29, 1.82) is 0 Å². The van der Waals surface area contributed by atoms with Gasteiger partial charge in [-0.25, -0.2) is 0 Å². The summed E-state index contributed by atoms with van der Waals surface area (Å²) in [5.41, 5.74) is 0.649. The molecule has 4 heteroatoms. The molecule has 4 nitrogen and oxygen atoms in total. The van der Waals surface area contributed by atoms with Gasteiger partial charge in [0.05, 0.1) is 6.04 Å². The first-order chi connectivity index (χ1) is 14.8. The first-order valence-electron chi connectivity index (χ1n) is 13.6. The Morgan fingerprint density at radius 3 is 2.03 bits per heavy atom. The van der Waals surface area contributed by atoms with E-state index in [0.29, 0.717) is 34.7 Å². The van der Waals surface area contributed by atoms with Gasteiger partial charge in [-0.05, 0) is 61.4 Å². The van der Waals surface area contributed by atoms with E-state index in [1.165, 1.54) is 38.1 Å². The summed E-state index contributed by atoms with van der Waals surface area (Å²) >= 11 is 0. The van der Waals surface area contributed by atoms with E-state index in [2.05, 4.69) is 97.4 Å².